The fourth-order valence-corrected chi connectivity index (χ4v) is 2.44. The molecule has 1 rings (SSSR count). The SMILES string of the molecule is CC(C)CC1CCCCCCC1. The van der Waals surface area contributed by atoms with Gasteiger partial charge < -0.3 is 0 Å². The van der Waals surface area contributed by atoms with E-state index in [1.165, 1.54) is 51.4 Å². The van der Waals surface area contributed by atoms with E-state index in [2.05, 4.69) is 13.8 Å². The van der Waals surface area contributed by atoms with Crippen LogP contribution in [-0.4, -0.2) is 0 Å². The van der Waals surface area contributed by atoms with Crippen LogP contribution in [0.3, 0.4) is 0 Å². The zero-order valence-corrected chi connectivity index (χ0v) is 8.81. The van der Waals surface area contributed by atoms with E-state index in [4.69, 9.17) is 0 Å². The van der Waals surface area contributed by atoms with Crippen LogP contribution in [0, 0.1) is 11.8 Å². The molecule has 1 aliphatic carbocycles. The zero-order valence-electron chi connectivity index (χ0n) is 8.81. The highest BCUT2D eigenvalue weighted by molar-refractivity contribution is 4.65. The molecule has 0 spiro atoms. The van der Waals surface area contributed by atoms with Gasteiger partial charge in [0.15, 0.2) is 0 Å². The predicted octanol–water partition coefficient (Wildman–Crippen LogP) is 4.39. The molecule has 0 nitrogen and oxygen atoms in total. The fraction of sp³-hybridized carbons (Fsp3) is 1.00. The third-order valence-electron chi connectivity index (χ3n) is 3.03. The van der Waals surface area contributed by atoms with Gasteiger partial charge in [-0.2, -0.15) is 0 Å². The standard InChI is InChI=1S/C12H24/c1-11(2)10-12-8-6-4-3-5-7-9-12/h11-12H,3-10H2,1-2H3. The predicted molar refractivity (Wildman–Crippen MR) is 55.3 cm³/mol. The van der Waals surface area contributed by atoms with Crippen LogP contribution in [-0.2, 0) is 0 Å². The molecule has 72 valence electrons. The van der Waals surface area contributed by atoms with Gasteiger partial charge >= 0.3 is 0 Å². The highest BCUT2D eigenvalue weighted by atomic mass is 14.2. The van der Waals surface area contributed by atoms with Crippen LogP contribution in [0.15, 0.2) is 0 Å². The summed E-state index contributed by atoms with van der Waals surface area (Å²) in [5.41, 5.74) is 0. The van der Waals surface area contributed by atoms with Gasteiger partial charge in [-0.3, -0.25) is 0 Å². The molecule has 0 N–H and O–H groups in total. The molecular formula is C12H24. The average molecular weight is 168 g/mol. The molecule has 0 bridgehead atoms. The van der Waals surface area contributed by atoms with E-state index in [-0.39, 0.29) is 0 Å². The van der Waals surface area contributed by atoms with E-state index < -0.39 is 0 Å². The summed E-state index contributed by atoms with van der Waals surface area (Å²) in [6, 6.07) is 0. The maximum absolute atomic E-state index is 2.36. The highest BCUT2D eigenvalue weighted by Gasteiger charge is 2.12. The van der Waals surface area contributed by atoms with Crippen molar-refractivity contribution in [1.82, 2.24) is 0 Å². The summed E-state index contributed by atoms with van der Waals surface area (Å²) in [5, 5.41) is 0. The molecule has 0 aromatic heterocycles. The molecule has 12 heavy (non-hydrogen) atoms. The summed E-state index contributed by atoms with van der Waals surface area (Å²) in [6.07, 6.45) is 12.0. The number of rotatable bonds is 2. The molecule has 1 fully saturated rings. The summed E-state index contributed by atoms with van der Waals surface area (Å²) >= 11 is 0. The molecule has 0 saturated heterocycles. The van der Waals surface area contributed by atoms with Crippen molar-refractivity contribution in [3.63, 3.8) is 0 Å². The zero-order chi connectivity index (χ0) is 8.81. The Morgan fingerprint density at radius 2 is 1.42 bits per heavy atom. The Hall–Kier alpha value is 0. The van der Waals surface area contributed by atoms with Crippen molar-refractivity contribution >= 4 is 0 Å². The Bertz CT molecular complexity index is 96.6. The van der Waals surface area contributed by atoms with Gasteiger partial charge in [-0.15, -0.1) is 0 Å². The fourth-order valence-electron chi connectivity index (χ4n) is 2.44. The highest BCUT2D eigenvalue weighted by Crippen LogP contribution is 2.27. The third kappa shape index (κ3) is 4.13. The first-order chi connectivity index (χ1) is 5.79. The average Bonchev–Trinajstić information content (AvgIpc) is 1.93. The molecule has 0 heterocycles. The topological polar surface area (TPSA) is 0 Å². The van der Waals surface area contributed by atoms with E-state index in [0.29, 0.717) is 0 Å². The van der Waals surface area contributed by atoms with Crippen LogP contribution in [0.4, 0.5) is 0 Å². The van der Waals surface area contributed by atoms with Gasteiger partial charge in [-0.05, 0) is 18.3 Å². The number of hydrogen-bond donors (Lipinski definition) is 0. The molecule has 0 heteroatoms. The van der Waals surface area contributed by atoms with Crippen molar-refractivity contribution < 1.29 is 0 Å². The van der Waals surface area contributed by atoms with Crippen LogP contribution in [0.25, 0.3) is 0 Å². The lowest BCUT2D eigenvalue weighted by Crippen LogP contribution is -2.06. The van der Waals surface area contributed by atoms with Gasteiger partial charge in [0, 0.05) is 0 Å². The van der Waals surface area contributed by atoms with E-state index >= 15 is 0 Å². The third-order valence-corrected chi connectivity index (χ3v) is 3.03. The number of hydrogen-bond acceptors (Lipinski definition) is 0. The van der Waals surface area contributed by atoms with E-state index in [1.807, 2.05) is 0 Å². The summed E-state index contributed by atoms with van der Waals surface area (Å²) < 4.78 is 0. The molecule has 1 saturated carbocycles. The summed E-state index contributed by atoms with van der Waals surface area (Å²) in [6.45, 7) is 4.72. The molecule has 0 atom stereocenters. The minimum absolute atomic E-state index is 0.912. The minimum atomic E-state index is 0.912. The van der Waals surface area contributed by atoms with Crippen LogP contribution in [0.2, 0.25) is 0 Å². The van der Waals surface area contributed by atoms with E-state index in [0.717, 1.165) is 11.8 Å². The molecule has 0 radical (unpaired) electrons. The quantitative estimate of drug-likeness (QED) is 0.573. The summed E-state index contributed by atoms with van der Waals surface area (Å²) in [7, 11) is 0. The van der Waals surface area contributed by atoms with Crippen molar-refractivity contribution in [2.24, 2.45) is 11.8 Å². The monoisotopic (exact) mass is 168 g/mol. The minimum Gasteiger partial charge on any atom is -0.0628 e. The van der Waals surface area contributed by atoms with Crippen LogP contribution in [0.5, 0.6) is 0 Å². The second-order valence-electron chi connectivity index (χ2n) is 4.84. The van der Waals surface area contributed by atoms with E-state index in [1.54, 1.807) is 0 Å². The Morgan fingerprint density at radius 1 is 0.917 bits per heavy atom. The van der Waals surface area contributed by atoms with Crippen LogP contribution in [0.1, 0.15) is 65.2 Å². The smallest absolute Gasteiger partial charge is 0.0412 e. The summed E-state index contributed by atoms with van der Waals surface area (Å²) in [5.74, 6) is 1.97. The lowest BCUT2D eigenvalue weighted by atomic mass is 9.85. The first-order valence-electron chi connectivity index (χ1n) is 5.79. The Labute approximate surface area is 77.7 Å². The van der Waals surface area contributed by atoms with Gasteiger partial charge in [0.1, 0.15) is 0 Å². The Morgan fingerprint density at radius 3 is 1.92 bits per heavy atom. The van der Waals surface area contributed by atoms with Gasteiger partial charge in [0.2, 0.25) is 0 Å². The molecule has 0 aliphatic heterocycles. The lowest BCUT2D eigenvalue weighted by molar-refractivity contribution is 0.323. The molecule has 0 aromatic rings. The molecule has 0 amide bonds. The first kappa shape index (κ1) is 10.1. The van der Waals surface area contributed by atoms with Gasteiger partial charge in [-0.25, -0.2) is 0 Å². The maximum Gasteiger partial charge on any atom is -0.0412 e. The maximum atomic E-state index is 2.36. The molecule has 1 aliphatic rings. The summed E-state index contributed by atoms with van der Waals surface area (Å²) in [4.78, 5) is 0. The second-order valence-corrected chi connectivity index (χ2v) is 4.84. The van der Waals surface area contributed by atoms with Gasteiger partial charge in [0.05, 0.1) is 0 Å². The molecule has 0 unspecified atom stereocenters. The Balaban J connectivity index is 2.20. The van der Waals surface area contributed by atoms with Crippen molar-refractivity contribution in [2.75, 3.05) is 0 Å². The molecular weight excluding hydrogens is 144 g/mol. The largest absolute Gasteiger partial charge is 0.0628 e. The van der Waals surface area contributed by atoms with Crippen molar-refractivity contribution in [1.29, 1.82) is 0 Å². The second kappa shape index (κ2) is 5.61. The normalized spacial score (nSPS) is 22.2. The molecule has 0 aromatic carbocycles. The Kier molecular flexibility index (Phi) is 4.72. The van der Waals surface area contributed by atoms with Crippen LogP contribution >= 0.6 is 0 Å². The lowest BCUT2D eigenvalue weighted by Gasteiger charge is -2.21. The van der Waals surface area contributed by atoms with Crippen molar-refractivity contribution in [3.8, 4) is 0 Å². The van der Waals surface area contributed by atoms with Crippen molar-refractivity contribution in [3.05, 3.63) is 0 Å². The van der Waals surface area contributed by atoms with Gasteiger partial charge in [-0.1, -0.05) is 58.8 Å². The van der Waals surface area contributed by atoms with Crippen LogP contribution < -0.4 is 0 Å². The first-order valence-corrected chi connectivity index (χ1v) is 5.79. The van der Waals surface area contributed by atoms with Gasteiger partial charge in [0.25, 0.3) is 0 Å². The van der Waals surface area contributed by atoms with E-state index in [9.17, 15) is 0 Å². The van der Waals surface area contributed by atoms with Crippen molar-refractivity contribution in [2.45, 2.75) is 65.2 Å².